The summed E-state index contributed by atoms with van der Waals surface area (Å²) < 4.78 is 18.1. The third-order valence-electron chi connectivity index (χ3n) is 4.20. The largest absolute Gasteiger partial charge is 0.543 e. The van der Waals surface area contributed by atoms with Gasteiger partial charge >= 0.3 is 0 Å². The second kappa shape index (κ2) is 6.10. The Bertz CT molecular complexity index is 353. The molecular formula is C16H32O3Si. The minimum atomic E-state index is -1.85. The number of unbranched alkanes of at least 4 members (excludes halogenated alkanes) is 1. The zero-order valence-corrected chi connectivity index (χ0v) is 15.5. The van der Waals surface area contributed by atoms with E-state index in [1.54, 1.807) is 6.26 Å². The van der Waals surface area contributed by atoms with Crippen molar-refractivity contribution < 1.29 is 13.9 Å². The summed E-state index contributed by atoms with van der Waals surface area (Å²) in [5.41, 5.74) is 0. The fourth-order valence-corrected chi connectivity index (χ4v) is 2.91. The van der Waals surface area contributed by atoms with E-state index < -0.39 is 14.1 Å². The molecule has 1 unspecified atom stereocenters. The van der Waals surface area contributed by atoms with Gasteiger partial charge in [0.15, 0.2) is 0 Å². The molecule has 0 spiro atoms. The van der Waals surface area contributed by atoms with Gasteiger partial charge in [-0.05, 0) is 24.6 Å². The number of hydrogen-bond donors (Lipinski definition) is 0. The Morgan fingerprint density at radius 2 is 1.90 bits per heavy atom. The average Bonchev–Trinajstić information content (AvgIpc) is 2.27. The minimum Gasteiger partial charge on any atom is -0.543 e. The highest BCUT2D eigenvalue weighted by Gasteiger charge is 2.42. The van der Waals surface area contributed by atoms with Crippen LogP contribution in [0, 0.1) is 0 Å². The molecule has 118 valence electrons. The molecule has 1 atom stereocenters. The normalized spacial score (nSPS) is 23.0. The monoisotopic (exact) mass is 300 g/mol. The molecule has 0 bridgehead atoms. The molecule has 0 aromatic carbocycles. The summed E-state index contributed by atoms with van der Waals surface area (Å²) in [7, 11) is -1.85. The molecule has 1 aliphatic rings. The molecule has 1 aliphatic heterocycles. The predicted molar refractivity (Wildman–Crippen MR) is 85.9 cm³/mol. The van der Waals surface area contributed by atoms with Crippen molar-refractivity contribution in [2.45, 2.75) is 90.8 Å². The Morgan fingerprint density at radius 1 is 1.30 bits per heavy atom. The molecule has 0 aromatic heterocycles. The van der Waals surface area contributed by atoms with Gasteiger partial charge in [0, 0.05) is 13.8 Å². The van der Waals surface area contributed by atoms with E-state index in [-0.39, 0.29) is 11.1 Å². The van der Waals surface area contributed by atoms with Gasteiger partial charge in [-0.25, -0.2) is 0 Å². The van der Waals surface area contributed by atoms with E-state index in [0.717, 1.165) is 25.0 Å². The van der Waals surface area contributed by atoms with Crippen LogP contribution in [0.25, 0.3) is 0 Å². The van der Waals surface area contributed by atoms with Crippen molar-refractivity contribution in [1.82, 2.24) is 0 Å². The second-order valence-corrected chi connectivity index (χ2v) is 12.4. The summed E-state index contributed by atoms with van der Waals surface area (Å²) >= 11 is 0. The Morgan fingerprint density at radius 3 is 2.40 bits per heavy atom. The lowest BCUT2D eigenvalue weighted by Gasteiger charge is -2.42. The maximum Gasteiger partial charge on any atom is 0.250 e. The van der Waals surface area contributed by atoms with Crippen LogP contribution in [0.3, 0.4) is 0 Å². The van der Waals surface area contributed by atoms with Crippen molar-refractivity contribution in [3.8, 4) is 0 Å². The Hall–Kier alpha value is -0.483. The van der Waals surface area contributed by atoms with Crippen molar-refractivity contribution in [2.24, 2.45) is 0 Å². The van der Waals surface area contributed by atoms with Crippen LogP contribution in [-0.4, -0.2) is 20.2 Å². The Kier molecular flexibility index (Phi) is 5.36. The third-order valence-corrected chi connectivity index (χ3v) is 8.56. The third kappa shape index (κ3) is 4.52. The van der Waals surface area contributed by atoms with Gasteiger partial charge in [0.1, 0.15) is 18.1 Å². The maximum atomic E-state index is 6.40. The van der Waals surface area contributed by atoms with E-state index >= 15 is 0 Å². The molecule has 0 fully saturated rings. The smallest absolute Gasteiger partial charge is 0.250 e. The first-order valence-electron chi connectivity index (χ1n) is 7.73. The van der Waals surface area contributed by atoms with E-state index in [4.69, 9.17) is 13.9 Å². The highest BCUT2D eigenvalue weighted by Crippen LogP contribution is 2.40. The van der Waals surface area contributed by atoms with Crippen LogP contribution >= 0.6 is 0 Å². The van der Waals surface area contributed by atoms with Gasteiger partial charge in [-0.1, -0.05) is 40.5 Å². The highest BCUT2D eigenvalue weighted by atomic mass is 28.4. The first kappa shape index (κ1) is 17.6. The summed E-state index contributed by atoms with van der Waals surface area (Å²) in [5.74, 6) is 0.322. The zero-order chi connectivity index (χ0) is 15.6. The summed E-state index contributed by atoms with van der Waals surface area (Å²) in [6.07, 6.45) is 5.09. The molecule has 0 N–H and O–H groups in total. The fourth-order valence-electron chi connectivity index (χ4n) is 1.83. The van der Waals surface area contributed by atoms with E-state index in [1.807, 2.05) is 13.8 Å². The first-order chi connectivity index (χ1) is 8.98. The van der Waals surface area contributed by atoms with E-state index in [9.17, 15) is 0 Å². The van der Waals surface area contributed by atoms with Crippen LogP contribution in [0.5, 0.6) is 0 Å². The molecule has 0 saturated heterocycles. The van der Waals surface area contributed by atoms with Gasteiger partial charge in [0.25, 0.3) is 0 Å². The number of rotatable bonds is 5. The van der Waals surface area contributed by atoms with Gasteiger partial charge in [-0.3, -0.25) is 0 Å². The van der Waals surface area contributed by atoms with E-state index in [0.29, 0.717) is 0 Å². The summed E-state index contributed by atoms with van der Waals surface area (Å²) in [6, 6.07) is 0. The fraction of sp³-hybridized carbons (Fsp3) is 0.875. The van der Waals surface area contributed by atoms with Gasteiger partial charge in [-0.2, -0.15) is 0 Å². The van der Waals surface area contributed by atoms with Gasteiger partial charge in [-0.15, -0.1) is 0 Å². The van der Waals surface area contributed by atoms with Crippen LogP contribution < -0.4 is 0 Å². The summed E-state index contributed by atoms with van der Waals surface area (Å²) in [4.78, 5) is 0. The standard InChI is InChI=1S/C16H32O3Si/c1-9-10-11-13-14(12-17-16(5,6)18-13)19-20(7,8)15(2,3)4/h12-13H,9-11H2,1-8H3. The first-order valence-corrected chi connectivity index (χ1v) is 10.6. The maximum absolute atomic E-state index is 6.40. The predicted octanol–water partition coefficient (Wildman–Crippen LogP) is 5.19. The number of ether oxygens (including phenoxy) is 2. The quantitative estimate of drug-likeness (QED) is 0.654. The minimum absolute atomic E-state index is 0.0211. The summed E-state index contributed by atoms with van der Waals surface area (Å²) in [6.45, 7) is 17.3. The highest BCUT2D eigenvalue weighted by molar-refractivity contribution is 6.74. The molecule has 1 rings (SSSR count). The van der Waals surface area contributed by atoms with Crippen molar-refractivity contribution in [3.05, 3.63) is 12.0 Å². The molecule has 1 heterocycles. The molecule has 3 nitrogen and oxygen atoms in total. The topological polar surface area (TPSA) is 27.7 Å². The van der Waals surface area contributed by atoms with Crippen molar-refractivity contribution in [2.75, 3.05) is 0 Å². The molecular weight excluding hydrogens is 268 g/mol. The SMILES string of the molecule is CCCCC1OC(C)(C)OC=C1O[Si](C)(C)C(C)(C)C. The Labute approximate surface area is 125 Å². The van der Waals surface area contributed by atoms with E-state index in [2.05, 4.69) is 40.8 Å². The molecule has 0 saturated carbocycles. The molecule has 0 radical (unpaired) electrons. The Balaban J connectivity index is 2.87. The zero-order valence-electron chi connectivity index (χ0n) is 14.5. The lowest BCUT2D eigenvalue weighted by molar-refractivity contribution is -0.226. The molecule has 4 heteroatoms. The van der Waals surface area contributed by atoms with Crippen molar-refractivity contribution in [1.29, 1.82) is 0 Å². The van der Waals surface area contributed by atoms with Crippen molar-refractivity contribution in [3.63, 3.8) is 0 Å². The number of hydrogen-bond acceptors (Lipinski definition) is 3. The van der Waals surface area contributed by atoms with Crippen LogP contribution in [0.1, 0.15) is 60.8 Å². The molecule has 0 aliphatic carbocycles. The summed E-state index contributed by atoms with van der Waals surface area (Å²) in [5, 5.41) is 0.177. The van der Waals surface area contributed by atoms with Gasteiger partial charge in [0.2, 0.25) is 14.1 Å². The van der Waals surface area contributed by atoms with Gasteiger partial charge in [0.05, 0.1) is 0 Å². The van der Waals surface area contributed by atoms with Crippen LogP contribution in [-0.2, 0) is 13.9 Å². The van der Waals surface area contributed by atoms with Gasteiger partial charge < -0.3 is 13.9 Å². The van der Waals surface area contributed by atoms with Crippen LogP contribution in [0.2, 0.25) is 18.1 Å². The molecule has 0 aromatic rings. The van der Waals surface area contributed by atoms with E-state index in [1.165, 1.54) is 0 Å². The van der Waals surface area contributed by atoms with Crippen LogP contribution in [0.15, 0.2) is 12.0 Å². The second-order valence-electron chi connectivity index (χ2n) is 7.65. The molecule has 0 amide bonds. The molecule has 20 heavy (non-hydrogen) atoms. The van der Waals surface area contributed by atoms with Crippen molar-refractivity contribution >= 4 is 8.32 Å². The lowest BCUT2D eigenvalue weighted by atomic mass is 10.1. The average molecular weight is 301 g/mol. The van der Waals surface area contributed by atoms with Crippen LogP contribution in [0.4, 0.5) is 0 Å². The lowest BCUT2D eigenvalue weighted by Crippen LogP contribution is -2.45.